The molecule has 0 fully saturated rings. The third kappa shape index (κ3) is 2.56. The van der Waals surface area contributed by atoms with Gasteiger partial charge in [-0.2, -0.15) is 0 Å². The van der Waals surface area contributed by atoms with Gasteiger partial charge >= 0.3 is 0 Å². The number of imidazole rings is 1. The van der Waals surface area contributed by atoms with E-state index in [0.29, 0.717) is 5.69 Å². The molecular formula is C14H18N2O. The maximum atomic E-state index is 9.01. The summed E-state index contributed by atoms with van der Waals surface area (Å²) in [5, 5.41) is 9.01. The summed E-state index contributed by atoms with van der Waals surface area (Å²) in [6, 6.07) is 8.38. The summed E-state index contributed by atoms with van der Waals surface area (Å²) in [6.07, 6.45) is 3.58. The van der Waals surface area contributed by atoms with E-state index in [9.17, 15) is 0 Å². The van der Waals surface area contributed by atoms with Crippen LogP contribution in [-0.2, 0) is 12.0 Å². The minimum absolute atomic E-state index is 0.0219. The highest BCUT2D eigenvalue weighted by molar-refractivity contribution is 5.38. The molecule has 1 heterocycles. The standard InChI is InChI=1S/C14H18N2O/c1-14(2,3)11-5-4-6-13(7-11)16-8-12(9-17)15-10-16/h4-8,10,17H,9H2,1-3H3. The minimum atomic E-state index is -0.0219. The largest absolute Gasteiger partial charge is 0.390 e. The fourth-order valence-electron chi connectivity index (χ4n) is 1.72. The fraction of sp³-hybridized carbons (Fsp3) is 0.357. The average molecular weight is 230 g/mol. The number of hydrogen-bond acceptors (Lipinski definition) is 2. The second-order valence-electron chi connectivity index (χ2n) is 5.23. The highest BCUT2D eigenvalue weighted by Crippen LogP contribution is 2.24. The van der Waals surface area contributed by atoms with E-state index in [1.54, 1.807) is 6.33 Å². The van der Waals surface area contributed by atoms with Gasteiger partial charge in [0.2, 0.25) is 0 Å². The smallest absolute Gasteiger partial charge is 0.0996 e. The van der Waals surface area contributed by atoms with Gasteiger partial charge in [0.25, 0.3) is 0 Å². The van der Waals surface area contributed by atoms with Crippen molar-refractivity contribution in [1.82, 2.24) is 9.55 Å². The summed E-state index contributed by atoms with van der Waals surface area (Å²) in [5.74, 6) is 0. The Labute approximate surface area is 102 Å². The number of aromatic nitrogens is 2. The lowest BCUT2D eigenvalue weighted by atomic mass is 9.87. The van der Waals surface area contributed by atoms with Crippen molar-refractivity contribution in [2.75, 3.05) is 0 Å². The van der Waals surface area contributed by atoms with E-state index in [-0.39, 0.29) is 12.0 Å². The second-order valence-corrected chi connectivity index (χ2v) is 5.23. The molecule has 0 aliphatic heterocycles. The third-order valence-corrected chi connectivity index (χ3v) is 2.81. The van der Waals surface area contributed by atoms with Crippen LogP contribution in [0.4, 0.5) is 0 Å². The van der Waals surface area contributed by atoms with Crippen LogP contribution in [0.3, 0.4) is 0 Å². The second kappa shape index (κ2) is 4.34. The Kier molecular flexibility index (Phi) is 3.03. The van der Waals surface area contributed by atoms with Gasteiger partial charge in [0, 0.05) is 11.9 Å². The molecule has 1 N–H and O–H groups in total. The summed E-state index contributed by atoms with van der Waals surface area (Å²) >= 11 is 0. The van der Waals surface area contributed by atoms with Gasteiger partial charge in [-0.15, -0.1) is 0 Å². The van der Waals surface area contributed by atoms with Gasteiger partial charge in [0.05, 0.1) is 18.6 Å². The van der Waals surface area contributed by atoms with Crippen LogP contribution in [0.25, 0.3) is 5.69 Å². The van der Waals surface area contributed by atoms with Crippen LogP contribution in [0.5, 0.6) is 0 Å². The van der Waals surface area contributed by atoms with Crippen molar-refractivity contribution in [1.29, 1.82) is 0 Å². The number of hydrogen-bond donors (Lipinski definition) is 1. The van der Waals surface area contributed by atoms with E-state index in [4.69, 9.17) is 5.11 Å². The zero-order valence-corrected chi connectivity index (χ0v) is 10.5. The molecule has 0 amide bonds. The van der Waals surface area contributed by atoms with Gasteiger partial charge in [-0.1, -0.05) is 32.9 Å². The maximum Gasteiger partial charge on any atom is 0.0996 e. The average Bonchev–Trinajstić information content (AvgIpc) is 2.76. The Bertz CT molecular complexity index is 509. The van der Waals surface area contributed by atoms with Crippen molar-refractivity contribution < 1.29 is 5.11 Å². The van der Waals surface area contributed by atoms with Gasteiger partial charge in [-0.3, -0.25) is 0 Å². The van der Waals surface area contributed by atoms with Crippen LogP contribution >= 0.6 is 0 Å². The van der Waals surface area contributed by atoms with Crippen LogP contribution in [0, 0.1) is 0 Å². The lowest BCUT2D eigenvalue weighted by Crippen LogP contribution is -2.11. The zero-order valence-electron chi connectivity index (χ0n) is 10.5. The molecule has 0 atom stereocenters. The Morgan fingerprint density at radius 2 is 2.06 bits per heavy atom. The lowest BCUT2D eigenvalue weighted by Gasteiger charge is -2.19. The molecule has 0 spiro atoms. The number of aliphatic hydroxyl groups is 1. The van der Waals surface area contributed by atoms with E-state index in [2.05, 4.69) is 44.0 Å². The molecule has 0 saturated heterocycles. The molecule has 2 rings (SSSR count). The monoisotopic (exact) mass is 230 g/mol. The maximum absolute atomic E-state index is 9.01. The SMILES string of the molecule is CC(C)(C)c1cccc(-n2cnc(CO)c2)c1. The molecular weight excluding hydrogens is 212 g/mol. The summed E-state index contributed by atoms with van der Waals surface area (Å²) < 4.78 is 1.93. The first kappa shape index (κ1) is 11.9. The molecule has 0 bridgehead atoms. The number of rotatable bonds is 2. The predicted octanol–water partition coefficient (Wildman–Crippen LogP) is 2.66. The quantitative estimate of drug-likeness (QED) is 0.861. The number of benzene rings is 1. The van der Waals surface area contributed by atoms with Gasteiger partial charge in [0.1, 0.15) is 0 Å². The third-order valence-electron chi connectivity index (χ3n) is 2.81. The van der Waals surface area contributed by atoms with Crippen LogP contribution in [-0.4, -0.2) is 14.7 Å². The molecule has 90 valence electrons. The summed E-state index contributed by atoms with van der Waals surface area (Å²) in [7, 11) is 0. The molecule has 0 aliphatic carbocycles. The van der Waals surface area contributed by atoms with Gasteiger partial charge in [0.15, 0.2) is 0 Å². The number of aliphatic hydroxyl groups excluding tert-OH is 1. The van der Waals surface area contributed by atoms with Crippen LogP contribution in [0.2, 0.25) is 0 Å². The summed E-state index contributed by atoms with van der Waals surface area (Å²) in [4.78, 5) is 4.12. The molecule has 1 aromatic heterocycles. The van der Waals surface area contributed by atoms with Gasteiger partial charge < -0.3 is 9.67 Å². The van der Waals surface area contributed by atoms with Crippen molar-refractivity contribution in [3.05, 3.63) is 48.0 Å². The molecule has 0 aliphatic rings. The van der Waals surface area contributed by atoms with Crippen LogP contribution < -0.4 is 0 Å². The van der Waals surface area contributed by atoms with Crippen molar-refractivity contribution in [2.45, 2.75) is 32.8 Å². The first-order valence-corrected chi connectivity index (χ1v) is 5.75. The van der Waals surface area contributed by atoms with E-state index in [1.165, 1.54) is 5.56 Å². The van der Waals surface area contributed by atoms with E-state index in [0.717, 1.165) is 5.69 Å². The van der Waals surface area contributed by atoms with Crippen molar-refractivity contribution >= 4 is 0 Å². The summed E-state index contributed by atoms with van der Waals surface area (Å²) in [6.45, 7) is 6.56. The molecule has 0 radical (unpaired) electrons. The lowest BCUT2D eigenvalue weighted by molar-refractivity contribution is 0.277. The first-order valence-electron chi connectivity index (χ1n) is 5.75. The Balaban J connectivity index is 2.39. The normalized spacial score (nSPS) is 11.8. The Hall–Kier alpha value is -1.61. The molecule has 17 heavy (non-hydrogen) atoms. The fourth-order valence-corrected chi connectivity index (χ4v) is 1.72. The highest BCUT2D eigenvalue weighted by Gasteiger charge is 2.13. The zero-order chi connectivity index (χ0) is 12.5. The Morgan fingerprint density at radius 1 is 1.29 bits per heavy atom. The van der Waals surface area contributed by atoms with Gasteiger partial charge in [-0.05, 0) is 23.1 Å². The topological polar surface area (TPSA) is 38.0 Å². The van der Waals surface area contributed by atoms with Crippen molar-refractivity contribution in [2.24, 2.45) is 0 Å². The van der Waals surface area contributed by atoms with E-state index in [1.807, 2.05) is 16.8 Å². The highest BCUT2D eigenvalue weighted by atomic mass is 16.3. The molecule has 1 aromatic carbocycles. The van der Waals surface area contributed by atoms with Gasteiger partial charge in [-0.25, -0.2) is 4.98 Å². The molecule has 0 saturated carbocycles. The van der Waals surface area contributed by atoms with Crippen molar-refractivity contribution in [3.63, 3.8) is 0 Å². The minimum Gasteiger partial charge on any atom is -0.390 e. The predicted molar refractivity (Wildman–Crippen MR) is 68.2 cm³/mol. The molecule has 3 nitrogen and oxygen atoms in total. The Morgan fingerprint density at radius 3 is 2.65 bits per heavy atom. The molecule has 3 heteroatoms. The van der Waals surface area contributed by atoms with Crippen LogP contribution in [0.1, 0.15) is 32.0 Å². The van der Waals surface area contributed by atoms with Crippen LogP contribution in [0.15, 0.2) is 36.8 Å². The molecule has 0 unspecified atom stereocenters. The number of nitrogens with zero attached hydrogens (tertiary/aromatic N) is 2. The summed E-state index contributed by atoms with van der Waals surface area (Å²) in [5.41, 5.74) is 3.18. The molecule has 2 aromatic rings. The first-order chi connectivity index (χ1) is 8.00. The van der Waals surface area contributed by atoms with E-state index < -0.39 is 0 Å². The van der Waals surface area contributed by atoms with Crippen molar-refractivity contribution in [3.8, 4) is 5.69 Å². The van der Waals surface area contributed by atoms with E-state index >= 15 is 0 Å².